The van der Waals surface area contributed by atoms with Gasteiger partial charge in [0.15, 0.2) is 0 Å². The summed E-state index contributed by atoms with van der Waals surface area (Å²) < 4.78 is 40.6. The van der Waals surface area contributed by atoms with Crippen LogP contribution in [-0.2, 0) is 22.3 Å². The van der Waals surface area contributed by atoms with Crippen LogP contribution in [0.3, 0.4) is 0 Å². The summed E-state index contributed by atoms with van der Waals surface area (Å²) in [6.45, 7) is 0.334. The van der Waals surface area contributed by atoms with Crippen LogP contribution in [0.15, 0.2) is 46.9 Å². The fourth-order valence-electron chi connectivity index (χ4n) is 1.85. The van der Waals surface area contributed by atoms with Gasteiger partial charge in [0.1, 0.15) is 5.82 Å². The Morgan fingerprint density at radius 1 is 1.14 bits per heavy atom. The van der Waals surface area contributed by atoms with Crippen LogP contribution < -0.4 is 10.5 Å². The molecule has 4 nitrogen and oxygen atoms in total. The average molecular weight is 373 g/mol. The summed E-state index contributed by atoms with van der Waals surface area (Å²) in [6, 6.07) is 11.2. The van der Waals surface area contributed by atoms with E-state index < -0.39 is 15.8 Å². The van der Waals surface area contributed by atoms with E-state index in [0.717, 1.165) is 5.56 Å². The highest BCUT2D eigenvalue weighted by Crippen LogP contribution is 2.26. The Bertz CT molecular complexity index is 730. The quantitative estimate of drug-likeness (QED) is 0.847. The number of halogens is 2. The van der Waals surface area contributed by atoms with Crippen molar-refractivity contribution in [3.8, 4) is 0 Å². The minimum atomic E-state index is -3.72. The maximum atomic E-state index is 13.7. The largest absolute Gasteiger partial charge is 0.326 e. The summed E-state index contributed by atoms with van der Waals surface area (Å²) in [5.41, 5.74) is 6.87. The zero-order valence-electron chi connectivity index (χ0n) is 11.0. The van der Waals surface area contributed by atoms with E-state index in [9.17, 15) is 12.8 Å². The molecule has 7 heteroatoms. The van der Waals surface area contributed by atoms with Crippen molar-refractivity contribution in [1.82, 2.24) is 0 Å². The van der Waals surface area contributed by atoms with Gasteiger partial charge in [0.05, 0.1) is 11.4 Å². The number of para-hydroxylation sites is 1. The van der Waals surface area contributed by atoms with Crippen molar-refractivity contribution in [3.63, 3.8) is 0 Å². The molecular weight excluding hydrogens is 359 g/mol. The van der Waals surface area contributed by atoms with Crippen LogP contribution in [0.25, 0.3) is 0 Å². The second-order valence-corrected chi connectivity index (χ2v) is 7.06. The first-order valence-electron chi connectivity index (χ1n) is 6.13. The van der Waals surface area contributed by atoms with Crippen LogP contribution in [0.1, 0.15) is 11.1 Å². The number of nitrogens with two attached hydrogens (primary N) is 1. The maximum Gasteiger partial charge on any atom is 0.237 e. The van der Waals surface area contributed by atoms with Crippen molar-refractivity contribution in [3.05, 3.63) is 63.9 Å². The van der Waals surface area contributed by atoms with Gasteiger partial charge in [-0.05, 0) is 39.2 Å². The maximum absolute atomic E-state index is 13.7. The van der Waals surface area contributed by atoms with Gasteiger partial charge in [-0.2, -0.15) is 0 Å². The standard InChI is InChI=1S/C14H14BrFN2O2S/c15-12-5-2-6-13(16)14(12)18-21(19,20)9-11-4-1-3-10(7-11)8-17/h1-7,18H,8-9,17H2. The summed E-state index contributed by atoms with van der Waals surface area (Å²) in [7, 11) is -3.72. The van der Waals surface area contributed by atoms with Crippen LogP contribution in [0, 0.1) is 5.82 Å². The average Bonchev–Trinajstić information content (AvgIpc) is 2.43. The van der Waals surface area contributed by atoms with E-state index in [1.54, 1.807) is 24.3 Å². The van der Waals surface area contributed by atoms with Crippen LogP contribution in [-0.4, -0.2) is 8.42 Å². The molecule has 2 rings (SSSR count). The number of rotatable bonds is 5. The number of hydrogen-bond acceptors (Lipinski definition) is 3. The van der Waals surface area contributed by atoms with Crippen LogP contribution >= 0.6 is 15.9 Å². The van der Waals surface area contributed by atoms with Gasteiger partial charge in [0.25, 0.3) is 0 Å². The number of nitrogens with one attached hydrogen (secondary N) is 1. The number of benzene rings is 2. The van der Waals surface area contributed by atoms with E-state index in [0.29, 0.717) is 16.6 Å². The second kappa shape index (κ2) is 6.55. The molecule has 0 heterocycles. The molecule has 2 aromatic rings. The fraction of sp³-hybridized carbons (Fsp3) is 0.143. The minimum absolute atomic E-state index is 0.0903. The SMILES string of the molecule is NCc1cccc(CS(=O)(=O)Nc2c(F)cccc2Br)c1. The summed E-state index contributed by atoms with van der Waals surface area (Å²) in [6.07, 6.45) is 0. The molecule has 0 atom stereocenters. The van der Waals surface area contributed by atoms with Crippen molar-refractivity contribution >= 4 is 31.6 Å². The van der Waals surface area contributed by atoms with E-state index in [4.69, 9.17) is 5.73 Å². The van der Waals surface area contributed by atoms with Crippen molar-refractivity contribution in [2.75, 3.05) is 4.72 Å². The van der Waals surface area contributed by atoms with Gasteiger partial charge in [-0.1, -0.05) is 30.3 Å². The van der Waals surface area contributed by atoms with E-state index in [1.165, 1.54) is 12.1 Å². The summed E-state index contributed by atoms with van der Waals surface area (Å²) in [4.78, 5) is 0. The first kappa shape index (κ1) is 15.9. The third kappa shape index (κ3) is 4.26. The number of anilines is 1. The molecule has 0 aliphatic heterocycles. The molecule has 112 valence electrons. The monoisotopic (exact) mass is 372 g/mol. The first-order chi connectivity index (χ1) is 9.91. The van der Waals surface area contributed by atoms with Crippen molar-refractivity contribution in [1.29, 1.82) is 0 Å². The van der Waals surface area contributed by atoms with Crippen molar-refractivity contribution < 1.29 is 12.8 Å². The zero-order valence-corrected chi connectivity index (χ0v) is 13.4. The van der Waals surface area contributed by atoms with E-state index in [-0.39, 0.29) is 11.4 Å². The van der Waals surface area contributed by atoms with Crippen LogP contribution in [0.4, 0.5) is 10.1 Å². The molecule has 0 aliphatic rings. The fourth-order valence-corrected chi connectivity index (χ4v) is 3.63. The topological polar surface area (TPSA) is 72.2 Å². The lowest BCUT2D eigenvalue weighted by molar-refractivity contribution is 0.597. The molecule has 0 aliphatic carbocycles. The number of sulfonamides is 1. The van der Waals surface area contributed by atoms with Gasteiger partial charge in [-0.15, -0.1) is 0 Å². The lowest BCUT2D eigenvalue weighted by Crippen LogP contribution is -2.16. The molecule has 0 radical (unpaired) electrons. The molecule has 0 saturated carbocycles. The lowest BCUT2D eigenvalue weighted by Gasteiger charge is -2.11. The Hall–Kier alpha value is -1.44. The first-order valence-corrected chi connectivity index (χ1v) is 8.58. The Balaban J connectivity index is 2.23. The normalized spacial score (nSPS) is 11.4. The Morgan fingerprint density at radius 2 is 1.81 bits per heavy atom. The zero-order chi connectivity index (χ0) is 15.5. The van der Waals surface area contributed by atoms with Gasteiger partial charge in [-0.25, -0.2) is 12.8 Å². The molecule has 3 N–H and O–H groups in total. The second-order valence-electron chi connectivity index (χ2n) is 4.48. The molecule has 0 saturated heterocycles. The van der Waals surface area contributed by atoms with E-state index in [2.05, 4.69) is 20.7 Å². The van der Waals surface area contributed by atoms with Gasteiger partial charge in [-0.3, -0.25) is 4.72 Å². The molecule has 0 spiro atoms. The molecule has 0 bridgehead atoms. The van der Waals surface area contributed by atoms with Gasteiger partial charge in [0, 0.05) is 11.0 Å². The van der Waals surface area contributed by atoms with Crippen LogP contribution in [0.5, 0.6) is 0 Å². The van der Waals surface area contributed by atoms with Gasteiger partial charge >= 0.3 is 0 Å². The highest BCUT2D eigenvalue weighted by Gasteiger charge is 2.16. The van der Waals surface area contributed by atoms with E-state index in [1.807, 2.05) is 6.07 Å². The highest BCUT2D eigenvalue weighted by molar-refractivity contribution is 9.10. The van der Waals surface area contributed by atoms with Gasteiger partial charge < -0.3 is 5.73 Å². The molecule has 0 aromatic heterocycles. The predicted molar refractivity (Wildman–Crippen MR) is 84.7 cm³/mol. The summed E-state index contributed by atoms with van der Waals surface area (Å²) in [5, 5.41) is 0. The van der Waals surface area contributed by atoms with E-state index >= 15 is 0 Å². The van der Waals surface area contributed by atoms with Crippen molar-refractivity contribution in [2.24, 2.45) is 5.73 Å². The predicted octanol–water partition coefficient (Wildman–Crippen LogP) is 2.99. The molecule has 0 fully saturated rings. The molecule has 21 heavy (non-hydrogen) atoms. The summed E-state index contributed by atoms with van der Waals surface area (Å²) in [5.74, 6) is -0.884. The third-order valence-corrected chi connectivity index (χ3v) is 4.69. The minimum Gasteiger partial charge on any atom is -0.326 e. The molecule has 2 aromatic carbocycles. The summed E-state index contributed by atoms with van der Waals surface area (Å²) >= 11 is 3.12. The van der Waals surface area contributed by atoms with Crippen LogP contribution in [0.2, 0.25) is 0 Å². The van der Waals surface area contributed by atoms with Gasteiger partial charge in [0.2, 0.25) is 10.0 Å². The lowest BCUT2D eigenvalue weighted by atomic mass is 10.1. The Morgan fingerprint density at radius 3 is 2.48 bits per heavy atom. The smallest absolute Gasteiger partial charge is 0.237 e. The highest BCUT2D eigenvalue weighted by atomic mass is 79.9. The Kier molecular flexibility index (Phi) is 4.97. The van der Waals surface area contributed by atoms with Crippen molar-refractivity contribution in [2.45, 2.75) is 12.3 Å². The molecule has 0 unspecified atom stereocenters. The Labute approximate surface area is 131 Å². The number of hydrogen-bond donors (Lipinski definition) is 2. The third-order valence-electron chi connectivity index (χ3n) is 2.80. The molecular formula is C14H14BrFN2O2S. The molecule has 0 amide bonds.